The van der Waals surface area contributed by atoms with Crippen LogP contribution in [0.25, 0.3) is 10.8 Å². The number of carbonyl (C=O) groups is 3. The van der Waals surface area contributed by atoms with Gasteiger partial charge < -0.3 is 25.2 Å². The molecule has 3 aromatic rings. The van der Waals surface area contributed by atoms with Gasteiger partial charge in [-0.2, -0.15) is 0 Å². The summed E-state index contributed by atoms with van der Waals surface area (Å²) in [6.07, 6.45) is 2.55. The number of hydrogen-bond acceptors (Lipinski definition) is 5. The van der Waals surface area contributed by atoms with Crippen molar-refractivity contribution in [3.8, 4) is 0 Å². The first-order chi connectivity index (χ1) is 19.8. The minimum Gasteiger partial charge on any atom is -0.370 e. The summed E-state index contributed by atoms with van der Waals surface area (Å²) in [6, 6.07) is 18.3. The first-order valence-corrected chi connectivity index (χ1v) is 14.0. The molecule has 0 aromatic heterocycles. The maximum Gasteiger partial charge on any atom is 0.249 e. The number of ether oxygens (including phenoxy) is 1. The SMILES string of the molecule is CNC(=O)[C@@H](Cc1ccc(F)cc1)N(C)C(=O)[C@@H](Cc1ccc2ccccc2c1)N(C)C(=O)COC[C@@H]1CCCN1. The summed E-state index contributed by atoms with van der Waals surface area (Å²) >= 11 is 0. The molecule has 0 unspecified atom stereocenters. The van der Waals surface area contributed by atoms with Gasteiger partial charge in [0, 0.05) is 40.0 Å². The van der Waals surface area contributed by atoms with E-state index in [0.29, 0.717) is 12.2 Å². The first-order valence-electron chi connectivity index (χ1n) is 14.0. The molecule has 8 nitrogen and oxygen atoms in total. The fourth-order valence-electron chi connectivity index (χ4n) is 5.25. The maximum absolute atomic E-state index is 14.1. The van der Waals surface area contributed by atoms with E-state index in [0.717, 1.165) is 35.7 Å². The van der Waals surface area contributed by atoms with Crippen LogP contribution < -0.4 is 10.6 Å². The van der Waals surface area contributed by atoms with Crippen LogP contribution >= 0.6 is 0 Å². The molecule has 9 heteroatoms. The monoisotopic (exact) mass is 562 g/mol. The molecule has 1 aliphatic heterocycles. The zero-order chi connectivity index (χ0) is 29.4. The Morgan fingerprint density at radius 1 is 0.951 bits per heavy atom. The van der Waals surface area contributed by atoms with Crippen molar-refractivity contribution in [1.29, 1.82) is 0 Å². The van der Waals surface area contributed by atoms with E-state index < -0.39 is 12.1 Å². The third kappa shape index (κ3) is 7.89. The van der Waals surface area contributed by atoms with Crippen molar-refractivity contribution in [3.63, 3.8) is 0 Å². The molecule has 1 heterocycles. The summed E-state index contributed by atoms with van der Waals surface area (Å²) in [5.74, 6) is -1.42. The zero-order valence-corrected chi connectivity index (χ0v) is 23.9. The van der Waals surface area contributed by atoms with Gasteiger partial charge in [0.2, 0.25) is 17.7 Å². The summed E-state index contributed by atoms with van der Waals surface area (Å²) < 4.78 is 19.2. The van der Waals surface area contributed by atoms with Gasteiger partial charge in [-0.1, -0.05) is 54.6 Å². The molecule has 3 atom stereocenters. The van der Waals surface area contributed by atoms with Crippen LogP contribution in [-0.4, -0.2) is 86.5 Å². The van der Waals surface area contributed by atoms with Crippen molar-refractivity contribution in [1.82, 2.24) is 20.4 Å². The van der Waals surface area contributed by atoms with Crippen LogP contribution in [0.15, 0.2) is 66.7 Å². The van der Waals surface area contributed by atoms with Crippen molar-refractivity contribution >= 4 is 28.5 Å². The highest BCUT2D eigenvalue weighted by Gasteiger charge is 2.35. The van der Waals surface area contributed by atoms with E-state index in [1.165, 1.54) is 29.0 Å². The number of benzene rings is 3. The summed E-state index contributed by atoms with van der Waals surface area (Å²) in [6.45, 7) is 1.23. The number of rotatable bonds is 12. The van der Waals surface area contributed by atoms with E-state index in [-0.39, 0.29) is 49.0 Å². The molecule has 0 saturated carbocycles. The molecule has 1 aliphatic rings. The van der Waals surface area contributed by atoms with Gasteiger partial charge in [-0.3, -0.25) is 14.4 Å². The molecule has 0 spiro atoms. The van der Waals surface area contributed by atoms with E-state index in [4.69, 9.17) is 4.74 Å². The van der Waals surface area contributed by atoms with E-state index >= 15 is 0 Å². The molecule has 1 saturated heterocycles. The quantitative estimate of drug-likeness (QED) is 0.354. The minimum absolute atomic E-state index is 0.144. The Bertz CT molecular complexity index is 1340. The lowest BCUT2D eigenvalue weighted by Gasteiger charge is -2.34. The van der Waals surface area contributed by atoms with E-state index in [1.807, 2.05) is 42.5 Å². The Balaban J connectivity index is 1.56. The second-order valence-corrected chi connectivity index (χ2v) is 10.6. The lowest BCUT2D eigenvalue weighted by molar-refractivity contribution is -0.149. The lowest BCUT2D eigenvalue weighted by Crippen LogP contribution is -2.56. The van der Waals surface area contributed by atoms with Gasteiger partial charge in [-0.25, -0.2) is 4.39 Å². The highest BCUT2D eigenvalue weighted by Crippen LogP contribution is 2.20. The van der Waals surface area contributed by atoms with Gasteiger partial charge in [0.25, 0.3) is 0 Å². The third-order valence-electron chi connectivity index (χ3n) is 7.80. The minimum atomic E-state index is -0.873. The molecular formula is C32H39FN4O4. The van der Waals surface area contributed by atoms with Crippen LogP contribution in [0.4, 0.5) is 4.39 Å². The average Bonchev–Trinajstić information content (AvgIpc) is 3.51. The van der Waals surface area contributed by atoms with Crippen LogP contribution in [0.1, 0.15) is 24.0 Å². The topological polar surface area (TPSA) is 91.0 Å². The van der Waals surface area contributed by atoms with Crippen molar-refractivity contribution in [2.45, 2.75) is 43.8 Å². The second-order valence-electron chi connectivity index (χ2n) is 10.6. The van der Waals surface area contributed by atoms with Gasteiger partial charge in [0.05, 0.1) is 6.61 Å². The smallest absolute Gasteiger partial charge is 0.249 e. The summed E-state index contributed by atoms with van der Waals surface area (Å²) in [4.78, 5) is 43.1. The molecule has 1 fully saturated rings. The molecule has 3 aromatic carbocycles. The summed E-state index contributed by atoms with van der Waals surface area (Å²) in [5.41, 5.74) is 1.60. The largest absolute Gasteiger partial charge is 0.370 e. The van der Waals surface area contributed by atoms with E-state index in [1.54, 1.807) is 26.2 Å². The third-order valence-corrected chi connectivity index (χ3v) is 7.80. The number of likely N-dealkylation sites (N-methyl/N-ethyl adjacent to an activating group) is 3. The van der Waals surface area contributed by atoms with Gasteiger partial charge in [-0.15, -0.1) is 0 Å². The first kappa shape index (κ1) is 30.1. The van der Waals surface area contributed by atoms with E-state index in [2.05, 4.69) is 10.6 Å². The number of halogens is 1. The maximum atomic E-state index is 14.1. The van der Waals surface area contributed by atoms with Gasteiger partial charge >= 0.3 is 0 Å². The van der Waals surface area contributed by atoms with Crippen molar-refractivity contribution in [3.05, 3.63) is 83.7 Å². The lowest BCUT2D eigenvalue weighted by atomic mass is 9.98. The average molecular weight is 563 g/mol. The second kappa shape index (κ2) is 14.2. The van der Waals surface area contributed by atoms with Crippen molar-refractivity contribution in [2.75, 3.05) is 40.9 Å². The van der Waals surface area contributed by atoms with Crippen LogP contribution in [0.5, 0.6) is 0 Å². The predicted molar refractivity (Wildman–Crippen MR) is 157 cm³/mol. The molecule has 3 amide bonds. The zero-order valence-electron chi connectivity index (χ0n) is 23.9. The number of fused-ring (bicyclic) bond motifs is 1. The number of nitrogens with one attached hydrogen (secondary N) is 2. The van der Waals surface area contributed by atoms with Crippen LogP contribution in [0.3, 0.4) is 0 Å². The number of nitrogens with zero attached hydrogens (tertiary/aromatic N) is 2. The Labute approximate surface area is 240 Å². The van der Waals surface area contributed by atoms with Gasteiger partial charge in [0.1, 0.15) is 24.5 Å². The molecule has 0 radical (unpaired) electrons. The van der Waals surface area contributed by atoms with Crippen LogP contribution in [-0.2, 0) is 32.0 Å². The van der Waals surface area contributed by atoms with Gasteiger partial charge in [-0.05, 0) is 53.4 Å². The predicted octanol–water partition coefficient (Wildman–Crippen LogP) is 2.93. The highest BCUT2D eigenvalue weighted by atomic mass is 19.1. The highest BCUT2D eigenvalue weighted by molar-refractivity contribution is 5.92. The van der Waals surface area contributed by atoms with E-state index in [9.17, 15) is 18.8 Å². The van der Waals surface area contributed by atoms with Crippen LogP contribution in [0, 0.1) is 5.82 Å². The van der Waals surface area contributed by atoms with Crippen LogP contribution in [0.2, 0.25) is 0 Å². The summed E-state index contributed by atoms with van der Waals surface area (Å²) in [7, 11) is 4.68. The molecule has 2 N–H and O–H groups in total. The van der Waals surface area contributed by atoms with Crippen molar-refractivity contribution < 1.29 is 23.5 Å². The normalized spacial score (nSPS) is 16.2. The van der Waals surface area contributed by atoms with Crippen molar-refractivity contribution in [2.24, 2.45) is 0 Å². The molecule has 41 heavy (non-hydrogen) atoms. The number of amides is 3. The standard InChI is InChI=1S/C32H39FN4O4/c1-34-31(39)28(18-22-11-14-26(33)15-12-22)37(3)32(40)29(19-23-10-13-24-7-4-5-8-25(24)17-23)36(2)30(38)21-41-20-27-9-6-16-35-27/h4-5,7-8,10-15,17,27-29,35H,6,9,16,18-21H2,1-3H3,(H,34,39)/t27-,28+,29+/m0/s1. The molecule has 0 aliphatic carbocycles. The number of carbonyl (C=O) groups excluding carboxylic acids is 3. The Hall–Kier alpha value is -3.82. The Kier molecular flexibility index (Phi) is 10.4. The fraction of sp³-hybridized carbons (Fsp3) is 0.406. The Morgan fingerprint density at radius 3 is 2.32 bits per heavy atom. The molecule has 218 valence electrons. The van der Waals surface area contributed by atoms with Gasteiger partial charge in [0.15, 0.2) is 0 Å². The molecule has 0 bridgehead atoms. The molecule has 4 rings (SSSR count). The Morgan fingerprint density at radius 2 is 1.63 bits per heavy atom. The summed E-state index contributed by atoms with van der Waals surface area (Å²) in [5, 5.41) is 8.09. The fourth-order valence-corrected chi connectivity index (χ4v) is 5.25. The molecular weight excluding hydrogens is 523 g/mol. The number of hydrogen-bond donors (Lipinski definition) is 2.